The Morgan fingerprint density at radius 3 is 2.68 bits per heavy atom. The number of nitrogens with zero attached hydrogens (tertiary/aromatic N) is 1. The summed E-state index contributed by atoms with van der Waals surface area (Å²) >= 11 is 0. The second-order valence-corrected chi connectivity index (χ2v) is 6.79. The first kappa shape index (κ1) is 13.9. The number of carbonyl (C=O) groups excluding carboxylic acids is 1. The normalized spacial score (nSPS) is 19.9. The van der Waals surface area contributed by atoms with Crippen LogP contribution in [0.15, 0.2) is 24.3 Å². The molecular weight excluding hydrogens is 272 g/mol. The van der Waals surface area contributed by atoms with Crippen molar-refractivity contribution in [3.8, 4) is 0 Å². The van der Waals surface area contributed by atoms with Crippen LogP contribution in [0.25, 0.3) is 10.9 Å². The third-order valence-electron chi connectivity index (χ3n) is 5.43. The van der Waals surface area contributed by atoms with Crippen LogP contribution in [-0.2, 0) is 17.6 Å². The fraction of sp³-hybridized carbons (Fsp3) is 0.526. The molecule has 0 spiro atoms. The summed E-state index contributed by atoms with van der Waals surface area (Å²) in [6.07, 6.45) is 7.91. The summed E-state index contributed by atoms with van der Waals surface area (Å²) in [5.41, 5.74) is 3.99. The first-order valence-electron chi connectivity index (χ1n) is 8.70. The van der Waals surface area contributed by atoms with Gasteiger partial charge in [0.15, 0.2) is 0 Å². The van der Waals surface area contributed by atoms with E-state index in [1.54, 1.807) is 0 Å². The van der Waals surface area contributed by atoms with E-state index in [0.717, 1.165) is 38.8 Å². The molecule has 4 rings (SSSR count). The predicted molar refractivity (Wildman–Crippen MR) is 88.9 cm³/mol. The van der Waals surface area contributed by atoms with Crippen molar-refractivity contribution in [2.75, 3.05) is 13.1 Å². The van der Waals surface area contributed by atoms with Crippen molar-refractivity contribution in [2.45, 2.75) is 44.9 Å². The summed E-state index contributed by atoms with van der Waals surface area (Å²) in [7, 11) is 0. The fourth-order valence-electron chi connectivity index (χ4n) is 4.19. The van der Waals surface area contributed by atoms with Crippen LogP contribution in [0.1, 0.15) is 43.4 Å². The van der Waals surface area contributed by atoms with E-state index >= 15 is 0 Å². The van der Waals surface area contributed by atoms with Crippen molar-refractivity contribution in [3.05, 3.63) is 35.5 Å². The lowest BCUT2D eigenvalue weighted by Gasteiger charge is -2.28. The first-order valence-corrected chi connectivity index (χ1v) is 8.70. The lowest BCUT2D eigenvalue weighted by Crippen LogP contribution is -2.38. The molecule has 0 bridgehead atoms. The standard InChI is InChI=1S/C19H24N2O/c22-19(14-6-2-1-3-7-14)21-12-10-16-15-8-4-5-9-17(15)20-18(16)11-13-21/h4-5,8-9,14,20H,1-3,6-7,10-13H2. The summed E-state index contributed by atoms with van der Waals surface area (Å²) in [5, 5.41) is 1.34. The van der Waals surface area contributed by atoms with Crippen LogP contribution in [0.4, 0.5) is 0 Å². The summed E-state index contributed by atoms with van der Waals surface area (Å²) in [4.78, 5) is 18.4. The second kappa shape index (κ2) is 5.79. The highest BCUT2D eigenvalue weighted by Crippen LogP contribution is 2.28. The van der Waals surface area contributed by atoms with E-state index in [0.29, 0.717) is 11.8 Å². The maximum atomic E-state index is 12.8. The number of hydrogen-bond donors (Lipinski definition) is 1. The average molecular weight is 296 g/mol. The van der Waals surface area contributed by atoms with Crippen molar-refractivity contribution < 1.29 is 4.79 Å². The molecule has 1 aromatic carbocycles. The van der Waals surface area contributed by atoms with E-state index in [4.69, 9.17) is 0 Å². The van der Waals surface area contributed by atoms with Crippen molar-refractivity contribution >= 4 is 16.8 Å². The van der Waals surface area contributed by atoms with E-state index in [-0.39, 0.29) is 0 Å². The van der Waals surface area contributed by atoms with Gasteiger partial charge in [-0.25, -0.2) is 0 Å². The van der Waals surface area contributed by atoms with Gasteiger partial charge in [0.1, 0.15) is 0 Å². The van der Waals surface area contributed by atoms with Gasteiger partial charge in [-0.2, -0.15) is 0 Å². The number of carbonyl (C=O) groups is 1. The second-order valence-electron chi connectivity index (χ2n) is 6.79. The monoisotopic (exact) mass is 296 g/mol. The predicted octanol–water partition coefficient (Wildman–Crippen LogP) is 3.68. The Morgan fingerprint density at radius 2 is 1.82 bits per heavy atom. The van der Waals surface area contributed by atoms with Gasteiger partial charge in [-0.3, -0.25) is 4.79 Å². The third kappa shape index (κ3) is 2.43. The van der Waals surface area contributed by atoms with Gasteiger partial charge in [-0.15, -0.1) is 0 Å². The lowest BCUT2D eigenvalue weighted by molar-refractivity contribution is -0.136. The molecule has 116 valence electrons. The van der Waals surface area contributed by atoms with Gasteiger partial charge in [-0.05, 0) is 30.9 Å². The van der Waals surface area contributed by atoms with Crippen LogP contribution >= 0.6 is 0 Å². The topological polar surface area (TPSA) is 36.1 Å². The van der Waals surface area contributed by atoms with Gasteiger partial charge in [0.25, 0.3) is 0 Å². The fourth-order valence-corrected chi connectivity index (χ4v) is 4.19. The molecule has 1 aromatic heterocycles. The Morgan fingerprint density at radius 1 is 1.05 bits per heavy atom. The van der Waals surface area contributed by atoms with Crippen LogP contribution in [-0.4, -0.2) is 28.9 Å². The maximum absolute atomic E-state index is 12.8. The minimum Gasteiger partial charge on any atom is -0.358 e. The van der Waals surface area contributed by atoms with Crippen LogP contribution in [0.5, 0.6) is 0 Å². The van der Waals surface area contributed by atoms with Gasteiger partial charge >= 0.3 is 0 Å². The number of aromatic nitrogens is 1. The van der Waals surface area contributed by atoms with E-state index < -0.39 is 0 Å². The van der Waals surface area contributed by atoms with Gasteiger partial charge in [0.05, 0.1) is 0 Å². The highest BCUT2D eigenvalue weighted by atomic mass is 16.2. The van der Waals surface area contributed by atoms with Gasteiger partial charge in [-0.1, -0.05) is 37.5 Å². The largest absolute Gasteiger partial charge is 0.358 e. The Kier molecular flexibility index (Phi) is 3.65. The molecule has 1 amide bonds. The number of H-pyrrole nitrogens is 1. The van der Waals surface area contributed by atoms with Crippen LogP contribution in [0.3, 0.4) is 0 Å². The number of amides is 1. The first-order chi connectivity index (χ1) is 10.8. The molecule has 3 nitrogen and oxygen atoms in total. The molecule has 1 N–H and O–H groups in total. The Labute approximate surface area is 131 Å². The SMILES string of the molecule is O=C(C1CCCCC1)N1CCc2[nH]c3ccccc3c2CC1. The Balaban J connectivity index is 1.52. The van der Waals surface area contributed by atoms with E-state index in [1.165, 1.54) is 41.4 Å². The van der Waals surface area contributed by atoms with E-state index in [2.05, 4.69) is 34.1 Å². The van der Waals surface area contributed by atoms with Crippen LogP contribution in [0.2, 0.25) is 0 Å². The molecule has 0 saturated heterocycles. The van der Waals surface area contributed by atoms with E-state index in [9.17, 15) is 4.79 Å². The van der Waals surface area contributed by atoms with Crippen molar-refractivity contribution in [2.24, 2.45) is 5.92 Å². The van der Waals surface area contributed by atoms with Gasteiger partial charge < -0.3 is 9.88 Å². The van der Waals surface area contributed by atoms with E-state index in [1.807, 2.05) is 0 Å². The summed E-state index contributed by atoms with van der Waals surface area (Å²) < 4.78 is 0. The highest BCUT2D eigenvalue weighted by molar-refractivity contribution is 5.85. The molecule has 0 unspecified atom stereocenters. The van der Waals surface area contributed by atoms with Crippen molar-refractivity contribution in [3.63, 3.8) is 0 Å². The molecule has 3 heteroatoms. The van der Waals surface area contributed by atoms with Gasteiger partial charge in [0, 0.05) is 42.0 Å². The summed E-state index contributed by atoms with van der Waals surface area (Å²) in [6.45, 7) is 1.75. The Hall–Kier alpha value is -1.77. The zero-order valence-electron chi connectivity index (χ0n) is 13.1. The number of para-hydroxylation sites is 1. The third-order valence-corrected chi connectivity index (χ3v) is 5.43. The van der Waals surface area contributed by atoms with Crippen molar-refractivity contribution in [1.29, 1.82) is 0 Å². The molecular formula is C19H24N2O. The molecule has 22 heavy (non-hydrogen) atoms. The van der Waals surface area contributed by atoms with Gasteiger partial charge in [0.2, 0.25) is 5.91 Å². The van der Waals surface area contributed by atoms with Crippen molar-refractivity contribution in [1.82, 2.24) is 9.88 Å². The quantitative estimate of drug-likeness (QED) is 0.856. The molecule has 2 aliphatic rings. The number of aromatic amines is 1. The molecule has 1 aliphatic carbocycles. The van der Waals surface area contributed by atoms with Crippen LogP contribution in [0, 0.1) is 5.92 Å². The highest BCUT2D eigenvalue weighted by Gasteiger charge is 2.27. The number of benzene rings is 1. The maximum Gasteiger partial charge on any atom is 0.225 e. The average Bonchev–Trinajstić information content (AvgIpc) is 2.80. The molecule has 0 atom stereocenters. The number of fused-ring (bicyclic) bond motifs is 3. The number of nitrogens with one attached hydrogen (secondary N) is 1. The number of rotatable bonds is 1. The number of hydrogen-bond acceptors (Lipinski definition) is 1. The minimum atomic E-state index is 0.293. The minimum absolute atomic E-state index is 0.293. The lowest BCUT2D eigenvalue weighted by atomic mass is 9.88. The molecule has 2 aromatic rings. The van der Waals surface area contributed by atoms with Crippen LogP contribution < -0.4 is 0 Å². The molecule has 1 fully saturated rings. The molecule has 1 saturated carbocycles. The molecule has 1 aliphatic heterocycles. The Bertz CT molecular complexity index is 682. The molecule has 2 heterocycles. The summed E-state index contributed by atoms with van der Waals surface area (Å²) in [6, 6.07) is 8.53. The molecule has 0 radical (unpaired) electrons. The summed E-state index contributed by atoms with van der Waals surface area (Å²) in [5.74, 6) is 0.705. The smallest absolute Gasteiger partial charge is 0.225 e. The zero-order chi connectivity index (χ0) is 14.9. The zero-order valence-corrected chi connectivity index (χ0v) is 13.1.